The molecule has 0 aliphatic carbocycles. The van der Waals surface area contributed by atoms with E-state index in [0.717, 1.165) is 16.7 Å². The SMILES string of the molecule is CC.CC.CC.CC.c1ccc(-c2nc(-c3ccccc3)nc(-c3ccccc3)n2)cc1. The molecule has 0 aliphatic rings. The average molecular weight is 430 g/mol. The molecule has 3 aromatic carbocycles. The molecule has 1 aromatic heterocycles. The first-order valence-electron chi connectivity index (χ1n) is 11.8. The van der Waals surface area contributed by atoms with Crippen molar-refractivity contribution in [2.45, 2.75) is 55.4 Å². The van der Waals surface area contributed by atoms with Gasteiger partial charge in [0.05, 0.1) is 0 Å². The Labute approximate surface area is 195 Å². The van der Waals surface area contributed by atoms with Crippen molar-refractivity contribution in [3.8, 4) is 34.2 Å². The molecule has 0 fully saturated rings. The van der Waals surface area contributed by atoms with Gasteiger partial charge in [-0.1, -0.05) is 146 Å². The van der Waals surface area contributed by atoms with E-state index in [4.69, 9.17) is 0 Å². The van der Waals surface area contributed by atoms with Crippen LogP contribution < -0.4 is 0 Å². The molecule has 0 saturated carbocycles. The lowest BCUT2D eigenvalue weighted by atomic mass is 10.1. The summed E-state index contributed by atoms with van der Waals surface area (Å²) in [5.74, 6) is 2.05. The van der Waals surface area contributed by atoms with Gasteiger partial charge in [0.2, 0.25) is 0 Å². The minimum Gasteiger partial charge on any atom is -0.208 e. The van der Waals surface area contributed by atoms with E-state index in [1.165, 1.54) is 0 Å². The van der Waals surface area contributed by atoms with Crippen LogP contribution in [0.5, 0.6) is 0 Å². The normalized spacial score (nSPS) is 8.62. The van der Waals surface area contributed by atoms with Crippen molar-refractivity contribution in [2.24, 2.45) is 0 Å². The van der Waals surface area contributed by atoms with Crippen LogP contribution in [0.4, 0.5) is 0 Å². The van der Waals surface area contributed by atoms with E-state index in [9.17, 15) is 0 Å². The molecule has 32 heavy (non-hydrogen) atoms. The second kappa shape index (κ2) is 18.4. The molecule has 3 nitrogen and oxygen atoms in total. The number of rotatable bonds is 3. The van der Waals surface area contributed by atoms with Gasteiger partial charge in [0, 0.05) is 16.7 Å². The number of aromatic nitrogens is 3. The summed E-state index contributed by atoms with van der Waals surface area (Å²) in [5, 5.41) is 0. The highest BCUT2D eigenvalue weighted by atomic mass is 15.0. The molecule has 4 aromatic rings. The monoisotopic (exact) mass is 429 g/mol. The van der Waals surface area contributed by atoms with Crippen LogP contribution in [-0.4, -0.2) is 15.0 Å². The standard InChI is InChI=1S/C21H15N3.4C2H6/c1-4-10-16(11-5-1)19-22-20(17-12-6-2-7-13-17)24-21(23-19)18-14-8-3-9-15-18;4*1-2/h1-15H;4*1-2H3. The smallest absolute Gasteiger partial charge is 0.164 e. The van der Waals surface area contributed by atoms with Crippen molar-refractivity contribution in [3.63, 3.8) is 0 Å². The van der Waals surface area contributed by atoms with Crippen LogP contribution in [0.3, 0.4) is 0 Å². The van der Waals surface area contributed by atoms with E-state index in [-0.39, 0.29) is 0 Å². The molecular formula is C29H39N3. The van der Waals surface area contributed by atoms with Crippen molar-refractivity contribution < 1.29 is 0 Å². The lowest BCUT2D eigenvalue weighted by Gasteiger charge is -2.08. The van der Waals surface area contributed by atoms with Gasteiger partial charge in [-0.3, -0.25) is 0 Å². The molecule has 3 heteroatoms. The molecule has 0 N–H and O–H groups in total. The van der Waals surface area contributed by atoms with Gasteiger partial charge in [-0.05, 0) is 0 Å². The molecule has 0 spiro atoms. The topological polar surface area (TPSA) is 38.7 Å². The van der Waals surface area contributed by atoms with Crippen molar-refractivity contribution in [2.75, 3.05) is 0 Å². The molecule has 1 heterocycles. The van der Waals surface area contributed by atoms with E-state index in [2.05, 4.69) is 15.0 Å². The Morgan fingerprint density at radius 2 is 0.500 bits per heavy atom. The van der Waals surface area contributed by atoms with Crippen LogP contribution in [-0.2, 0) is 0 Å². The Balaban J connectivity index is 0.00000109. The fourth-order valence-electron chi connectivity index (χ4n) is 2.52. The highest BCUT2D eigenvalue weighted by Gasteiger charge is 2.11. The third-order valence-electron chi connectivity index (χ3n) is 3.73. The first-order valence-corrected chi connectivity index (χ1v) is 11.8. The van der Waals surface area contributed by atoms with Crippen LogP contribution in [0.1, 0.15) is 55.4 Å². The third-order valence-corrected chi connectivity index (χ3v) is 3.73. The summed E-state index contributed by atoms with van der Waals surface area (Å²) >= 11 is 0. The van der Waals surface area contributed by atoms with Crippen LogP contribution in [0, 0.1) is 0 Å². The van der Waals surface area contributed by atoms with E-state index >= 15 is 0 Å². The second-order valence-corrected chi connectivity index (χ2v) is 5.40. The molecule has 0 unspecified atom stereocenters. The highest BCUT2D eigenvalue weighted by Crippen LogP contribution is 2.24. The summed E-state index contributed by atoms with van der Waals surface area (Å²) < 4.78 is 0. The fraction of sp³-hybridized carbons (Fsp3) is 0.276. The minimum atomic E-state index is 0.684. The zero-order chi connectivity index (χ0) is 24.2. The van der Waals surface area contributed by atoms with Crippen molar-refractivity contribution in [1.82, 2.24) is 15.0 Å². The largest absolute Gasteiger partial charge is 0.208 e. The molecule has 4 rings (SSSR count). The molecule has 0 aliphatic heterocycles. The van der Waals surface area contributed by atoms with Gasteiger partial charge in [0.25, 0.3) is 0 Å². The molecule has 0 amide bonds. The highest BCUT2D eigenvalue weighted by molar-refractivity contribution is 5.66. The Morgan fingerprint density at radius 1 is 0.312 bits per heavy atom. The summed E-state index contributed by atoms with van der Waals surface area (Å²) in [7, 11) is 0. The molecular weight excluding hydrogens is 390 g/mol. The average Bonchev–Trinajstić information content (AvgIpc) is 2.94. The van der Waals surface area contributed by atoms with Crippen molar-refractivity contribution in [1.29, 1.82) is 0 Å². The van der Waals surface area contributed by atoms with E-state index in [1.54, 1.807) is 0 Å². The maximum absolute atomic E-state index is 4.68. The Kier molecular flexibility index (Phi) is 16.5. The molecule has 0 atom stereocenters. The van der Waals surface area contributed by atoms with Crippen molar-refractivity contribution in [3.05, 3.63) is 91.0 Å². The lowest BCUT2D eigenvalue weighted by molar-refractivity contribution is 1.07. The van der Waals surface area contributed by atoms with Gasteiger partial charge in [-0.2, -0.15) is 0 Å². The number of hydrogen-bond donors (Lipinski definition) is 0. The quantitative estimate of drug-likeness (QED) is 0.326. The predicted molar refractivity (Wildman–Crippen MR) is 142 cm³/mol. The van der Waals surface area contributed by atoms with Crippen LogP contribution in [0.25, 0.3) is 34.2 Å². The Hall–Kier alpha value is -3.33. The zero-order valence-electron chi connectivity index (χ0n) is 21.0. The summed E-state index contributed by atoms with van der Waals surface area (Å²) in [6.07, 6.45) is 0. The summed E-state index contributed by atoms with van der Waals surface area (Å²) in [6, 6.07) is 30.0. The van der Waals surface area contributed by atoms with E-state index in [1.807, 2.05) is 146 Å². The lowest BCUT2D eigenvalue weighted by Crippen LogP contribution is -1.99. The Morgan fingerprint density at radius 3 is 0.688 bits per heavy atom. The molecule has 170 valence electrons. The van der Waals surface area contributed by atoms with Gasteiger partial charge in [0.1, 0.15) is 0 Å². The summed E-state index contributed by atoms with van der Waals surface area (Å²) in [4.78, 5) is 14.0. The van der Waals surface area contributed by atoms with Gasteiger partial charge in [-0.25, -0.2) is 15.0 Å². The summed E-state index contributed by atoms with van der Waals surface area (Å²) in [6.45, 7) is 16.0. The van der Waals surface area contributed by atoms with E-state index < -0.39 is 0 Å². The second-order valence-electron chi connectivity index (χ2n) is 5.40. The van der Waals surface area contributed by atoms with Gasteiger partial charge in [-0.15, -0.1) is 0 Å². The fourth-order valence-corrected chi connectivity index (χ4v) is 2.52. The number of hydrogen-bond acceptors (Lipinski definition) is 3. The molecule has 0 bridgehead atoms. The first kappa shape index (κ1) is 28.7. The maximum atomic E-state index is 4.68. The van der Waals surface area contributed by atoms with E-state index in [0.29, 0.717) is 17.5 Å². The van der Waals surface area contributed by atoms with Gasteiger partial charge < -0.3 is 0 Å². The third kappa shape index (κ3) is 8.81. The van der Waals surface area contributed by atoms with Crippen molar-refractivity contribution >= 4 is 0 Å². The first-order chi connectivity index (χ1) is 15.9. The minimum absolute atomic E-state index is 0.684. The summed E-state index contributed by atoms with van der Waals surface area (Å²) in [5.41, 5.74) is 2.94. The molecule has 0 saturated heterocycles. The van der Waals surface area contributed by atoms with Gasteiger partial charge in [0.15, 0.2) is 17.5 Å². The zero-order valence-corrected chi connectivity index (χ0v) is 21.0. The molecule has 0 radical (unpaired) electrons. The van der Waals surface area contributed by atoms with Gasteiger partial charge >= 0.3 is 0 Å². The number of benzene rings is 3. The number of nitrogens with zero attached hydrogens (tertiary/aromatic N) is 3. The maximum Gasteiger partial charge on any atom is 0.164 e. The predicted octanol–water partition coefficient (Wildman–Crippen LogP) is 8.98. The van der Waals surface area contributed by atoms with Crippen LogP contribution >= 0.6 is 0 Å². The Bertz CT molecular complexity index is 798. The van der Waals surface area contributed by atoms with Crippen LogP contribution in [0.2, 0.25) is 0 Å². The van der Waals surface area contributed by atoms with Crippen LogP contribution in [0.15, 0.2) is 91.0 Å².